The van der Waals surface area contributed by atoms with Gasteiger partial charge in [0.1, 0.15) is 10.8 Å². The molecule has 3 rings (SSSR count). The van der Waals surface area contributed by atoms with Gasteiger partial charge < -0.3 is 14.8 Å². The van der Waals surface area contributed by atoms with Crippen molar-refractivity contribution in [2.45, 2.75) is 32.1 Å². The van der Waals surface area contributed by atoms with E-state index < -0.39 is 5.97 Å². The van der Waals surface area contributed by atoms with Gasteiger partial charge in [0, 0.05) is 17.7 Å². The molecule has 0 unspecified atom stereocenters. The third-order valence-electron chi connectivity index (χ3n) is 3.57. The minimum atomic E-state index is -0.962. The number of anilines is 1. The minimum Gasteiger partial charge on any atom is -0.478 e. The largest absolute Gasteiger partial charge is 0.478 e. The van der Waals surface area contributed by atoms with Gasteiger partial charge in [0.2, 0.25) is 5.91 Å². The van der Waals surface area contributed by atoms with Crippen LogP contribution in [0, 0.1) is 0 Å². The monoisotopic (exact) mass is 305 g/mol. The molecule has 1 aliphatic rings. The fourth-order valence-electron chi connectivity index (χ4n) is 2.60. The van der Waals surface area contributed by atoms with E-state index in [1.165, 1.54) is 11.3 Å². The summed E-state index contributed by atoms with van der Waals surface area (Å²) in [7, 11) is 0. The first-order valence-corrected chi connectivity index (χ1v) is 7.67. The van der Waals surface area contributed by atoms with Crippen molar-refractivity contribution in [1.82, 2.24) is 0 Å². The number of thiophene rings is 1. The number of carboxylic acid groups (broad SMARTS) is 1. The fourth-order valence-corrected chi connectivity index (χ4v) is 3.90. The number of rotatable bonds is 5. The number of furan rings is 1. The van der Waals surface area contributed by atoms with Crippen LogP contribution in [0.3, 0.4) is 0 Å². The molecule has 2 aromatic heterocycles. The summed E-state index contributed by atoms with van der Waals surface area (Å²) in [6.07, 6.45) is 5.04. The summed E-state index contributed by atoms with van der Waals surface area (Å²) in [5.41, 5.74) is 1.17. The number of hydrogen-bond donors (Lipinski definition) is 2. The molecule has 110 valence electrons. The minimum absolute atomic E-state index is 0.186. The molecule has 0 fully saturated rings. The highest BCUT2D eigenvalue weighted by atomic mass is 32.1. The van der Waals surface area contributed by atoms with Gasteiger partial charge in [0.15, 0.2) is 0 Å². The van der Waals surface area contributed by atoms with Crippen LogP contribution < -0.4 is 5.32 Å². The van der Waals surface area contributed by atoms with Gasteiger partial charge in [0.25, 0.3) is 0 Å². The van der Waals surface area contributed by atoms with Crippen LogP contribution in [0.25, 0.3) is 0 Å². The van der Waals surface area contributed by atoms with E-state index in [0.717, 1.165) is 35.5 Å². The maximum atomic E-state index is 12.0. The Labute approximate surface area is 125 Å². The Balaban J connectivity index is 1.70. The maximum Gasteiger partial charge on any atom is 0.339 e. The Morgan fingerprint density at radius 3 is 2.95 bits per heavy atom. The van der Waals surface area contributed by atoms with Crippen molar-refractivity contribution in [2.24, 2.45) is 0 Å². The number of carbonyl (C=O) groups excluding carboxylic acids is 1. The van der Waals surface area contributed by atoms with Gasteiger partial charge in [-0.2, -0.15) is 0 Å². The number of aromatic carboxylic acids is 1. The molecule has 6 heteroatoms. The predicted octanol–water partition coefficient (Wildman–Crippen LogP) is 3.10. The van der Waals surface area contributed by atoms with Crippen LogP contribution in [0.5, 0.6) is 0 Å². The first-order chi connectivity index (χ1) is 10.1. The molecule has 5 nitrogen and oxygen atoms in total. The van der Waals surface area contributed by atoms with Crippen molar-refractivity contribution in [3.63, 3.8) is 0 Å². The normalized spacial score (nSPS) is 13.1. The average molecular weight is 305 g/mol. The standard InChI is InChI=1S/C15H15NO4S/c17-12(7-6-9-3-2-8-20-9)16-14-13(15(18)19)10-4-1-5-11(10)21-14/h2-3,8H,1,4-7H2,(H,16,17)(H,18,19). The molecule has 0 atom stereocenters. The number of fused-ring (bicyclic) bond motifs is 1. The highest BCUT2D eigenvalue weighted by Gasteiger charge is 2.27. The molecule has 21 heavy (non-hydrogen) atoms. The van der Waals surface area contributed by atoms with Crippen LogP contribution in [-0.2, 0) is 24.1 Å². The lowest BCUT2D eigenvalue weighted by Gasteiger charge is -2.04. The lowest BCUT2D eigenvalue weighted by molar-refractivity contribution is -0.116. The van der Waals surface area contributed by atoms with Crippen molar-refractivity contribution < 1.29 is 19.1 Å². The van der Waals surface area contributed by atoms with Crippen molar-refractivity contribution in [1.29, 1.82) is 0 Å². The summed E-state index contributed by atoms with van der Waals surface area (Å²) < 4.78 is 5.17. The number of amides is 1. The zero-order chi connectivity index (χ0) is 14.8. The van der Waals surface area contributed by atoms with Gasteiger partial charge in [0.05, 0.1) is 11.8 Å². The van der Waals surface area contributed by atoms with Crippen LogP contribution in [-0.4, -0.2) is 17.0 Å². The number of carboxylic acids is 1. The van der Waals surface area contributed by atoms with Crippen molar-refractivity contribution >= 4 is 28.2 Å². The molecule has 1 amide bonds. The van der Waals surface area contributed by atoms with Crippen LogP contribution >= 0.6 is 11.3 Å². The number of carbonyl (C=O) groups is 2. The van der Waals surface area contributed by atoms with E-state index in [0.29, 0.717) is 11.4 Å². The Hall–Kier alpha value is -2.08. The van der Waals surface area contributed by atoms with Crippen LogP contribution in [0.4, 0.5) is 5.00 Å². The Bertz CT molecular complexity index is 672. The van der Waals surface area contributed by atoms with E-state index in [1.54, 1.807) is 12.3 Å². The van der Waals surface area contributed by atoms with E-state index in [-0.39, 0.29) is 17.9 Å². The van der Waals surface area contributed by atoms with Gasteiger partial charge in [-0.15, -0.1) is 11.3 Å². The molecule has 2 N–H and O–H groups in total. The second-order valence-electron chi connectivity index (χ2n) is 4.99. The first kappa shape index (κ1) is 13.9. The van der Waals surface area contributed by atoms with E-state index in [2.05, 4.69) is 5.32 Å². The predicted molar refractivity (Wildman–Crippen MR) is 79.0 cm³/mol. The Kier molecular flexibility index (Phi) is 3.79. The topological polar surface area (TPSA) is 79.5 Å². The van der Waals surface area contributed by atoms with Crippen molar-refractivity contribution in [2.75, 3.05) is 5.32 Å². The summed E-state index contributed by atoms with van der Waals surface area (Å²) in [5.74, 6) is -0.401. The molecule has 0 spiro atoms. The van der Waals surface area contributed by atoms with Gasteiger partial charge >= 0.3 is 5.97 Å². The van der Waals surface area contributed by atoms with Gasteiger partial charge in [-0.25, -0.2) is 4.79 Å². The second-order valence-corrected chi connectivity index (χ2v) is 6.10. The molecule has 2 heterocycles. The van der Waals surface area contributed by atoms with Crippen LogP contribution in [0.15, 0.2) is 22.8 Å². The van der Waals surface area contributed by atoms with E-state index in [4.69, 9.17) is 4.42 Å². The fraction of sp³-hybridized carbons (Fsp3) is 0.333. The molecule has 0 saturated carbocycles. The van der Waals surface area contributed by atoms with Crippen LogP contribution in [0.1, 0.15) is 39.4 Å². The molecule has 0 bridgehead atoms. The van der Waals surface area contributed by atoms with Gasteiger partial charge in [-0.05, 0) is 37.0 Å². The zero-order valence-corrected chi connectivity index (χ0v) is 12.2. The highest BCUT2D eigenvalue weighted by molar-refractivity contribution is 7.17. The molecular weight excluding hydrogens is 290 g/mol. The summed E-state index contributed by atoms with van der Waals surface area (Å²) in [5, 5.41) is 12.6. The van der Waals surface area contributed by atoms with Crippen molar-refractivity contribution in [3.8, 4) is 0 Å². The quantitative estimate of drug-likeness (QED) is 0.889. The lowest BCUT2D eigenvalue weighted by atomic mass is 10.1. The third-order valence-corrected chi connectivity index (χ3v) is 4.77. The average Bonchev–Trinajstić information content (AvgIpc) is 3.11. The van der Waals surface area contributed by atoms with Crippen LogP contribution in [0.2, 0.25) is 0 Å². The molecular formula is C15H15NO4S. The van der Waals surface area contributed by atoms with E-state index >= 15 is 0 Å². The summed E-state index contributed by atoms with van der Waals surface area (Å²) >= 11 is 1.39. The summed E-state index contributed by atoms with van der Waals surface area (Å²) in [6, 6.07) is 3.59. The summed E-state index contributed by atoms with van der Waals surface area (Å²) in [4.78, 5) is 24.5. The molecule has 0 aliphatic heterocycles. The van der Waals surface area contributed by atoms with Gasteiger partial charge in [-0.3, -0.25) is 4.79 Å². The van der Waals surface area contributed by atoms with E-state index in [1.807, 2.05) is 6.07 Å². The number of aryl methyl sites for hydroxylation is 2. The highest BCUT2D eigenvalue weighted by Crippen LogP contribution is 2.39. The number of nitrogens with one attached hydrogen (secondary N) is 1. The summed E-state index contributed by atoms with van der Waals surface area (Å²) in [6.45, 7) is 0. The third kappa shape index (κ3) is 2.85. The molecule has 2 aromatic rings. The van der Waals surface area contributed by atoms with Gasteiger partial charge in [-0.1, -0.05) is 0 Å². The smallest absolute Gasteiger partial charge is 0.339 e. The number of hydrogen-bond acceptors (Lipinski definition) is 4. The molecule has 1 aliphatic carbocycles. The second kappa shape index (κ2) is 5.73. The zero-order valence-electron chi connectivity index (χ0n) is 11.3. The molecule has 0 radical (unpaired) electrons. The SMILES string of the molecule is O=C(CCc1ccco1)Nc1sc2c(c1C(=O)O)CCC2. The molecule has 0 aromatic carbocycles. The Morgan fingerprint density at radius 2 is 2.24 bits per heavy atom. The lowest BCUT2D eigenvalue weighted by Crippen LogP contribution is -2.14. The maximum absolute atomic E-state index is 12.0. The Morgan fingerprint density at radius 1 is 1.38 bits per heavy atom. The molecule has 0 saturated heterocycles. The first-order valence-electron chi connectivity index (χ1n) is 6.85. The van der Waals surface area contributed by atoms with E-state index in [9.17, 15) is 14.7 Å². The van der Waals surface area contributed by atoms with Crippen molar-refractivity contribution in [3.05, 3.63) is 40.2 Å².